The van der Waals surface area contributed by atoms with Crippen LogP contribution in [0.2, 0.25) is 10.0 Å². The summed E-state index contributed by atoms with van der Waals surface area (Å²) in [4.78, 5) is 4.27. The normalized spacial score (nSPS) is 15.8. The van der Waals surface area contributed by atoms with Crippen LogP contribution in [0.15, 0.2) is 6.07 Å². The Morgan fingerprint density at radius 2 is 1.88 bits per heavy atom. The second kappa shape index (κ2) is 4.52. The van der Waals surface area contributed by atoms with Gasteiger partial charge in [0.25, 0.3) is 0 Å². The van der Waals surface area contributed by atoms with E-state index in [1.165, 1.54) is 12.8 Å². The number of nitrogens with two attached hydrogens (primary N) is 1. The summed E-state index contributed by atoms with van der Waals surface area (Å²) >= 11 is 12.0. The lowest BCUT2D eigenvalue weighted by atomic mass is 9.99. The van der Waals surface area contributed by atoms with Crippen LogP contribution in [0.1, 0.15) is 26.7 Å². The Morgan fingerprint density at radius 1 is 1.29 bits per heavy atom. The van der Waals surface area contributed by atoms with E-state index in [1.807, 2.05) is 0 Å². The molecule has 2 rings (SSSR count). The van der Waals surface area contributed by atoms with Gasteiger partial charge in [-0.15, -0.1) is 0 Å². The van der Waals surface area contributed by atoms with Gasteiger partial charge in [0.05, 0.1) is 10.0 Å². The number of hydrogen-bond donors (Lipinski definition) is 3. The first-order chi connectivity index (χ1) is 7.94. The van der Waals surface area contributed by atoms with Crippen LogP contribution in [0.5, 0.6) is 0 Å². The molecule has 0 unspecified atom stereocenters. The fraction of sp³-hybridized carbons (Fsp3) is 0.545. The molecule has 0 radical (unpaired) electrons. The van der Waals surface area contributed by atoms with E-state index < -0.39 is 0 Å². The van der Waals surface area contributed by atoms with Crippen molar-refractivity contribution in [2.75, 3.05) is 10.7 Å². The molecule has 1 aromatic heterocycles. The smallest absolute Gasteiger partial charge is 0.161 e. The molecule has 1 aromatic rings. The number of nitrogens with zero attached hydrogens (tertiary/aromatic N) is 1. The molecule has 0 bridgehead atoms. The molecule has 4 N–H and O–H groups in total. The minimum Gasteiger partial charge on any atom is -0.364 e. The van der Waals surface area contributed by atoms with Crippen molar-refractivity contribution in [1.82, 2.24) is 4.98 Å². The zero-order valence-electron chi connectivity index (χ0n) is 9.85. The zero-order valence-corrected chi connectivity index (χ0v) is 11.4. The van der Waals surface area contributed by atoms with Crippen LogP contribution in [0.25, 0.3) is 0 Å². The van der Waals surface area contributed by atoms with Crippen molar-refractivity contribution in [3.05, 3.63) is 16.1 Å². The summed E-state index contributed by atoms with van der Waals surface area (Å²) < 4.78 is 0. The molecular formula is C11H16Cl2N4. The van der Waals surface area contributed by atoms with E-state index in [4.69, 9.17) is 29.0 Å². The first-order valence-corrected chi connectivity index (χ1v) is 6.30. The topological polar surface area (TPSA) is 63.0 Å². The molecule has 0 saturated heterocycles. The number of anilines is 2. The summed E-state index contributed by atoms with van der Waals surface area (Å²) in [7, 11) is 0. The first-order valence-electron chi connectivity index (χ1n) is 5.55. The van der Waals surface area contributed by atoms with Crippen LogP contribution in [0.3, 0.4) is 0 Å². The lowest BCUT2D eigenvalue weighted by Crippen LogP contribution is -2.34. The zero-order chi connectivity index (χ0) is 12.6. The second-order valence-corrected chi connectivity index (χ2v) is 5.73. The maximum atomic E-state index is 6.11. The molecule has 0 amide bonds. The highest BCUT2D eigenvalue weighted by atomic mass is 35.5. The lowest BCUT2D eigenvalue weighted by molar-refractivity contribution is 0.493. The highest BCUT2D eigenvalue weighted by molar-refractivity contribution is 6.37. The molecule has 0 aromatic carbocycles. The highest BCUT2D eigenvalue weighted by Crippen LogP contribution is 2.42. The molecule has 1 fully saturated rings. The molecule has 1 aliphatic carbocycles. The van der Waals surface area contributed by atoms with Gasteiger partial charge in [-0.2, -0.15) is 0 Å². The van der Waals surface area contributed by atoms with Crippen LogP contribution in [-0.2, 0) is 0 Å². The van der Waals surface area contributed by atoms with Crippen LogP contribution in [0.4, 0.5) is 11.6 Å². The third kappa shape index (κ3) is 2.76. The molecule has 1 heterocycles. The standard InChI is InChI=1S/C11H16Cl2N4/c1-11(2,6-3-4-6)16-9-7(12)5-8(13)10(15-9)17-14/h5-6H,3-4,14H2,1-2H3,(H2,15,16,17). The Balaban J connectivity index is 2.25. The van der Waals surface area contributed by atoms with Crippen molar-refractivity contribution in [2.45, 2.75) is 32.2 Å². The molecule has 0 aliphatic heterocycles. The van der Waals surface area contributed by atoms with Gasteiger partial charge >= 0.3 is 0 Å². The molecule has 17 heavy (non-hydrogen) atoms. The van der Waals surface area contributed by atoms with Crippen molar-refractivity contribution in [3.8, 4) is 0 Å². The predicted molar refractivity (Wildman–Crippen MR) is 72.5 cm³/mol. The molecule has 0 atom stereocenters. The summed E-state index contributed by atoms with van der Waals surface area (Å²) in [6.07, 6.45) is 2.49. The van der Waals surface area contributed by atoms with E-state index >= 15 is 0 Å². The number of aromatic nitrogens is 1. The van der Waals surface area contributed by atoms with Crippen molar-refractivity contribution >= 4 is 34.8 Å². The number of halogens is 2. The minimum absolute atomic E-state index is 0.0175. The van der Waals surface area contributed by atoms with E-state index in [2.05, 4.69) is 29.6 Å². The first kappa shape index (κ1) is 12.7. The van der Waals surface area contributed by atoms with E-state index in [0.717, 1.165) is 0 Å². The van der Waals surface area contributed by atoms with Crippen molar-refractivity contribution in [1.29, 1.82) is 0 Å². The lowest BCUT2D eigenvalue weighted by Gasteiger charge is -2.27. The fourth-order valence-electron chi connectivity index (χ4n) is 1.87. The van der Waals surface area contributed by atoms with Crippen molar-refractivity contribution in [2.24, 2.45) is 11.8 Å². The van der Waals surface area contributed by atoms with Gasteiger partial charge in [-0.3, -0.25) is 0 Å². The maximum absolute atomic E-state index is 6.11. The van der Waals surface area contributed by atoms with Gasteiger partial charge in [-0.1, -0.05) is 23.2 Å². The quantitative estimate of drug-likeness (QED) is 0.583. The largest absolute Gasteiger partial charge is 0.364 e. The molecule has 6 heteroatoms. The Kier molecular flexibility index (Phi) is 3.39. The molecule has 0 spiro atoms. The fourth-order valence-corrected chi connectivity index (χ4v) is 2.33. The number of rotatable bonds is 4. The number of hydrogen-bond acceptors (Lipinski definition) is 4. The van der Waals surface area contributed by atoms with Gasteiger partial charge < -0.3 is 10.7 Å². The summed E-state index contributed by atoms with van der Waals surface area (Å²) in [5.41, 5.74) is 2.43. The third-order valence-corrected chi connectivity index (χ3v) is 3.68. The number of pyridine rings is 1. The van der Waals surface area contributed by atoms with Gasteiger partial charge in [-0.25, -0.2) is 10.8 Å². The van der Waals surface area contributed by atoms with Gasteiger partial charge in [-0.05, 0) is 38.7 Å². The summed E-state index contributed by atoms with van der Waals surface area (Å²) in [6, 6.07) is 1.64. The Hall–Kier alpha value is -0.710. The summed E-state index contributed by atoms with van der Waals surface area (Å²) in [6.45, 7) is 4.29. The highest BCUT2D eigenvalue weighted by Gasteiger charge is 2.38. The SMILES string of the molecule is CC(C)(Nc1nc(NN)c(Cl)cc1Cl)C1CC1. The van der Waals surface area contributed by atoms with Crippen LogP contribution >= 0.6 is 23.2 Å². The Bertz CT molecular complexity index is 430. The summed E-state index contributed by atoms with van der Waals surface area (Å²) in [5.74, 6) is 7.04. The van der Waals surface area contributed by atoms with E-state index in [1.54, 1.807) is 6.07 Å². The Morgan fingerprint density at radius 3 is 2.41 bits per heavy atom. The minimum atomic E-state index is -0.0175. The van der Waals surface area contributed by atoms with Gasteiger partial charge in [0.15, 0.2) is 5.82 Å². The van der Waals surface area contributed by atoms with E-state index in [-0.39, 0.29) is 5.54 Å². The monoisotopic (exact) mass is 274 g/mol. The average Bonchev–Trinajstić information content (AvgIpc) is 3.05. The number of hydrazine groups is 1. The van der Waals surface area contributed by atoms with Crippen LogP contribution < -0.4 is 16.6 Å². The van der Waals surface area contributed by atoms with Crippen LogP contribution in [-0.4, -0.2) is 10.5 Å². The second-order valence-electron chi connectivity index (χ2n) is 4.91. The van der Waals surface area contributed by atoms with E-state index in [9.17, 15) is 0 Å². The van der Waals surface area contributed by atoms with Gasteiger partial charge in [0.2, 0.25) is 0 Å². The Labute approximate surface area is 111 Å². The average molecular weight is 275 g/mol. The predicted octanol–water partition coefficient (Wildman–Crippen LogP) is 3.27. The van der Waals surface area contributed by atoms with Crippen molar-refractivity contribution in [3.63, 3.8) is 0 Å². The molecule has 1 saturated carbocycles. The molecule has 4 nitrogen and oxygen atoms in total. The maximum Gasteiger partial charge on any atom is 0.161 e. The third-order valence-electron chi connectivity index (χ3n) is 3.10. The van der Waals surface area contributed by atoms with Crippen LogP contribution in [0, 0.1) is 5.92 Å². The van der Waals surface area contributed by atoms with Gasteiger partial charge in [0.1, 0.15) is 5.82 Å². The van der Waals surface area contributed by atoms with Crippen molar-refractivity contribution < 1.29 is 0 Å². The summed E-state index contributed by atoms with van der Waals surface area (Å²) in [5, 5.41) is 4.27. The molecule has 1 aliphatic rings. The molecular weight excluding hydrogens is 259 g/mol. The van der Waals surface area contributed by atoms with Gasteiger partial charge in [0, 0.05) is 5.54 Å². The van der Waals surface area contributed by atoms with E-state index in [0.29, 0.717) is 27.6 Å². The number of nitrogen functional groups attached to an aromatic ring is 1. The number of nitrogens with one attached hydrogen (secondary N) is 2. The molecule has 94 valence electrons.